The van der Waals surface area contributed by atoms with Crippen LogP contribution in [-0.2, 0) is 0 Å². The molecule has 1 aromatic heterocycles. The van der Waals surface area contributed by atoms with E-state index in [0.717, 1.165) is 32.4 Å². The highest BCUT2D eigenvalue weighted by molar-refractivity contribution is 5.92. The maximum absolute atomic E-state index is 12.3. The van der Waals surface area contributed by atoms with E-state index in [0.29, 0.717) is 23.5 Å². The molecule has 2 saturated heterocycles. The Morgan fingerprint density at radius 3 is 3.24 bits per heavy atom. The van der Waals surface area contributed by atoms with Gasteiger partial charge >= 0.3 is 0 Å². The number of carbonyl (C=O) groups excluding carboxylic acids is 1. The predicted octanol–water partition coefficient (Wildman–Crippen LogP) is 0.950. The Kier molecular flexibility index (Phi) is 2.63. The number of nitrogens with zero attached hydrogens (tertiary/aromatic N) is 2. The van der Waals surface area contributed by atoms with Crippen molar-refractivity contribution < 1.29 is 9.21 Å². The Balaban J connectivity index is 1.81. The van der Waals surface area contributed by atoms with Gasteiger partial charge in [0.25, 0.3) is 5.91 Å². The zero-order valence-corrected chi connectivity index (χ0v) is 9.98. The van der Waals surface area contributed by atoms with Crippen LogP contribution in [0.3, 0.4) is 0 Å². The van der Waals surface area contributed by atoms with Gasteiger partial charge in [0.05, 0.1) is 5.69 Å². The summed E-state index contributed by atoms with van der Waals surface area (Å²) in [5.74, 6) is 0.396. The summed E-state index contributed by atoms with van der Waals surface area (Å²) in [4.78, 5) is 18.3. The third-order valence-electron chi connectivity index (χ3n) is 3.83. The number of fused-ring (bicyclic) bond motifs is 1. The molecular formula is C12H17N3O2. The van der Waals surface area contributed by atoms with E-state index < -0.39 is 0 Å². The van der Waals surface area contributed by atoms with Gasteiger partial charge in [-0.25, -0.2) is 4.98 Å². The van der Waals surface area contributed by atoms with Crippen molar-refractivity contribution in [2.75, 3.05) is 13.1 Å². The van der Waals surface area contributed by atoms with Gasteiger partial charge in [0, 0.05) is 18.6 Å². The van der Waals surface area contributed by atoms with E-state index in [1.54, 1.807) is 0 Å². The molecule has 0 aromatic carbocycles. The average Bonchev–Trinajstić information content (AvgIpc) is 2.94. The fourth-order valence-corrected chi connectivity index (χ4v) is 2.94. The van der Waals surface area contributed by atoms with Crippen LogP contribution < -0.4 is 5.32 Å². The number of amides is 1. The molecule has 2 aliphatic rings. The van der Waals surface area contributed by atoms with Crippen molar-refractivity contribution in [3.63, 3.8) is 0 Å². The number of oxazole rings is 1. The summed E-state index contributed by atoms with van der Waals surface area (Å²) in [5.41, 5.74) is 0.683. The van der Waals surface area contributed by atoms with Gasteiger partial charge < -0.3 is 14.6 Å². The zero-order chi connectivity index (χ0) is 11.8. The van der Waals surface area contributed by atoms with Gasteiger partial charge in [0.1, 0.15) is 0 Å². The minimum atomic E-state index is -0.00352. The predicted molar refractivity (Wildman–Crippen MR) is 61.7 cm³/mol. The molecular weight excluding hydrogens is 218 g/mol. The van der Waals surface area contributed by atoms with E-state index in [2.05, 4.69) is 10.3 Å². The van der Waals surface area contributed by atoms with Crippen LogP contribution in [0.1, 0.15) is 35.5 Å². The first-order valence-corrected chi connectivity index (χ1v) is 6.22. The molecule has 3 rings (SSSR count). The minimum absolute atomic E-state index is 0.00352. The van der Waals surface area contributed by atoms with Crippen molar-refractivity contribution in [3.05, 3.63) is 17.8 Å². The number of aromatic nitrogens is 1. The number of piperidine rings is 1. The number of likely N-dealkylation sites (tertiary alicyclic amines) is 1. The molecule has 92 valence electrons. The third-order valence-corrected chi connectivity index (χ3v) is 3.83. The smallest absolute Gasteiger partial charge is 0.291 e. The molecule has 5 nitrogen and oxygen atoms in total. The minimum Gasteiger partial charge on any atom is -0.438 e. The second-order valence-corrected chi connectivity index (χ2v) is 4.82. The molecule has 1 amide bonds. The lowest BCUT2D eigenvalue weighted by atomic mass is 9.99. The molecule has 0 radical (unpaired) electrons. The Labute approximate surface area is 100 Å². The summed E-state index contributed by atoms with van der Waals surface area (Å²) < 4.78 is 5.20. The summed E-state index contributed by atoms with van der Waals surface area (Å²) in [6, 6.07) is 0.802. The number of aryl methyl sites for hydroxylation is 1. The molecule has 0 bridgehead atoms. The van der Waals surface area contributed by atoms with E-state index >= 15 is 0 Å². The van der Waals surface area contributed by atoms with Gasteiger partial charge in [0.2, 0.25) is 5.76 Å². The van der Waals surface area contributed by atoms with Crippen molar-refractivity contribution in [2.24, 2.45) is 0 Å². The van der Waals surface area contributed by atoms with Crippen LogP contribution in [0.4, 0.5) is 0 Å². The summed E-state index contributed by atoms with van der Waals surface area (Å²) in [7, 11) is 0. The Morgan fingerprint density at radius 1 is 1.59 bits per heavy atom. The van der Waals surface area contributed by atoms with Gasteiger partial charge in [-0.3, -0.25) is 4.79 Å². The molecule has 2 unspecified atom stereocenters. The largest absolute Gasteiger partial charge is 0.438 e. The van der Waals surface area contributed by atoms with Crippen LogP contribution in [0.15, 0.2) is 10.8 Å². The van der Waals surface area contributed by atoms with Crippen LogP contribution in [-0.4, -0.2) is 41.0 Å². The second-order valence-electron chi connectivity index (χ2n) is 4.82. The van der Waals surface area contributed by atoms with E-state index in [4.69, 9.17) is 4.42 Å². The fourth-order valence-electron chi connectivity index (χ4n) is 2.94. The number of hydrogen-bond acceptors (Lipinski definition) is 4. The molecule has 0 aliphatic carbocycles. The number of carbonyl (C=O) groups is 1. The van der Waals surface area contributed by atoms with Gasteiger partial charge in [-0.1, -0.05) is 0 Å². The second kappa shape index (κ2) is 4.14. The van der Waals surface area contributed by atoms with Crippen molar-refractivity contribution in [1.82, 2.24) is 15.2 Å². The first-order chi connectivity index (χ1) is 8.27. The highest BCUT2D eigenvalue weighted by Gasteiger charge is 2.39. The van der Waals surface area contributed by atoms with Crippen molar-refractivity contribution in [1.29, 1.82) is 0 Å². The van der Waals surface area contributed by atoms with E-state index in [1.165, 1.54) is 6.39 Å². The van der Waals surface area contributed by atoms with Crippen molar-refractivity contribution >= 4 is 5.91 Å². The highest BCUT2D eigenvalue weighted by atomic mass is 16.3. The maximum Gasteiger partial charge on any atom is 0.291 e. The monoisotopic (exact) mass is 235 g/mol. The SMILES string of the molecule is Cc1ncoc1C(=O)N1CCC2NCCCC21. The van der Waals surface area contributed by atoms with Gasteiger partial charge in [0.15, 0.2) is 6.39 Å². The molecule has 17 heavy (non-hydrogen) atoms. The topological polar surface area (TPSA) is 58.4 Å². The number of nitrogens with one attached hydrogen (secondary N) is 1. The van der Waals surface area contributed by atoms with Crippen LogP contribution in [0.25, 0.3) is 0 Å². The summed E-state index contributed by atoms with van der Waals surface area (Å²) in [6.45, 7) is 3.70. The molecule has 1 aromatic rings. The summed E-state index contributed by atoms with van der Waals surface area (Å²) in [5, 5.41) is 3.49. The summed E-state index contributed by atoms with van der Waals surface area (Å²) in [6.07, 6.45) is 4.62. The highest BCUT2D eigenvalue weighted by Crippen LogP contribution is 2.27. The van der Waals surface area contributed by atoms with Crippen molar-refractivity contribution in [3.8, 4) is 0 Å². The molecule has 3 heterocycles. The number of hydrogen-bond donors (Lipinski definition) is 1. The lowest BCUT2D eigenvalue weighted by Gasteiger charge is -2.31. The molecule has 2 aliphatic heterocycles. The van der Waals surface area contributed by atoms with E-state index in [9.17, 15) is 4.79 Å². The fraction of sp³-hybridized carbons (Fsp3) is 0.667. The quantitative estimate of drug-likeness (QED) is 0.787. The average molecular weight is 235 g/mol. The Morgan fingerprint density at radius 2 is 2.47 bits per heavy atom. The van der Waals surface area contributed by atoms with Crippen molar-refractivity contribution in [2.45, 2.75) is 38.3 Å². The van der Waals surface area contributed by atoms with Gasteiger partial charge in [-0.05, 0) is 32.7 Å². The van der Waals surface area contributed by atoms with E-state index in [1.807, 2.05) is 11.8 Å². The molecule has 1 N–H and O–H groups in total. The summed E-state index contributed by atoms with van der Waals surface area (Å²) >= 11 is 0. The molecule has 5 heteroatoms. The van der Waals surface area contributed by atoms with Crippen LogP contribution >= 0.6 is 0 Å². The van der Waals surface area contributed by atoms with Crippen LogP contribution in [0.2, 0.25) is 0 Å². The first-order valence-electron chi connectivity index (χ1n) is 6.22. The zero-order valence-electron chi connectivity index (χ0n) is 9.98. The lowest BCUT2D eigenvalue weighted by molar-refractivity contribution is 0.0672. The third kappa shape index (κ3) is 1.74. The normalized spacial score (nSPS) is 28.2. The molecule has 0 spiro atoms. The standard InChI is InChI=1S/C12H17N3O2/c1-8-11(17-7-14-8)12(16)15-6-4-9-10(15)3-2-5-13-9/h7,9-10,13H,2-6H2,1H3. The maximum atomic E-state index is 12.3. The van der Waals surface area contributed by atoms with E-state index in [-0.39, 0.29) is 5.91 Å². The van der Waals surface area contributed by atoms with Gasteiger partial charge in [-0.2, -0.15) is 0 Å². The first kappa shape index (κ1) is 10.8. The lowest BCUT2D eigenvalue weighted by Crippen LogP contribution is -2.48. The van der Waals surface area contributed by atoms with Crippen LogP contribution in [0.5, 0.6) is 0 Å². The number of rotatable bonds is 1. The Bertz CT molecular complexity index is 429. The molecule has 2 atom stereocenters. The molecule has 2 fully saturated rings. The van der Waals surface area contributed by atoms with Gasteiger partial charge in [-0.15, -0.1) is 0 Å². The Hall–Kier alpha value is -1.36. The van der Waals surface area contributed by atoms with Crippen LogP contribution in [0, 0.1) is 6.92 Å². The molecule has 0 saturated carbocycles.